The Kier molecular flexibility index (Phi) is 7.50. The number of aryl methyl sites for hydroxylation is 1. The Morgan fingerprint density at radius 1 is 1.25 bits per heavy atom. The van der Waals surface area contributed by atoms with E-state index in [4.69, 9.17) is 33.7 Å². The van der Waals surface area contributed by atoms with E-state index in [0.29, 0.717) is 27.0 Å². The van der Waals surface area contributed by atoms with Crippen molar-refractivity contribution in [1.82, 2.24) is 9.38 Å². The Labute approximate surface area is 170 Å². The maximum Gasteiger partial charge on any atom is 0.180 e. The van der Waals surface area contributed by atoms with Gasteiger partial charge in [-0.25, -0.2) is 4.98 Å². The van der Waals surface area contributed by atoms with Gasteiger partial charge in [0.25, 0.3) is 0 Å². The molecular weight excluding hydrogens is 460 g/mol. The van der Waals surface area contributed by atoms with E-state index < -0.39 is 0 Å². The average Bonchev–Trinajstić information content (AvgIpc) is 2.79. The van der Waals surface area contributed by atoms with Gasteiger partial charge in [-0.05, 0) is 47.1 Å². The number of nitrogen functional groups attached to an aromatic ring is 1. The SMILES string of the molecule is Cc1nc2c(OCc3c(Cl)ccc(N)c3Cl)cccn2c1Br.Cl.Cl. The van der Waals surface area contributed by atoms with E-state index in [-0.39, 0.29) is 31.4 Å². The summed E-state index contributed by atoms with van der Waals surface area (Å²) in [5.74, 6) is 0.644. The van der Waals surface area contributed by atoms with Gasteiger partial charge in [0.15, 0.2) is 11.4 Å². The molecule has 0 aliphatic carbocycles. The highest BCUT2D eigenvalue weighted by molar-refractivity contribution is 9.10. The molecule has 0 saturated heterocycles. The molecule has 0 bridgehead atoms. The van der Waals surface area contributed by atoms with E-state index in [2.05, 4.69) is 20.9 Å². The van der Waals surface area contributed by atoms with Gasteiger partial charge < -0.3 is 10.5 Å². The average molecular weight is 474 g/mol. The first kappa shape index (κ1) is 21.2. The van der Waals surface area contributed by atoms with Crippen molar-refractivity contribution in [3.8, 4) is 5.75 Å². The summed E-state index contributed by atoms with van der Waals surface area (Å²) in [4.78, 5) is 4.49. The van der Waals surface area contributed by atoms with E-state index in [1.54, 1.807) is 12.1 Å². The van der Waals surface area contributed by atoms with Crippen LogP contribution in [0.25, 0.3) is 5.65 Å². The number of pyridine rings is 1. The number of imidazole rings is 1. The summed E-state index contributed by atoms with van der Waals surface area (Å²) in [7, 11) is 0. The van der Waals surface area contributed by atoms with E-state index in [1.165, 1.54) is 0 Å². The first-order chi connectivity index (χ1) is 10.5. The lowest BCUT2D eigenvalue weighted by molar-refractivity contribution is 0.308. The normalized spacial score (nSPS) is 10.2. The second-order valence-corrected chi connectivity index (χ2v) is 6.31. The van der Waals surface area contributed by atoms with Gasteiger partial charge in [0.2, 0.25) is 0 Å². The highest BCUT2D eigenvalue weighted by Gasteiger charge is 2.13. The molecule has 2 heterocycles. The molecule has 0 saturated carbocycles. The molecule has 4 nitrogen and oxygen atoms in total. The maximum absolute atomic E-state index is 6.19. The number of nitrogens with two attached hydrogens (primary N) is 1. The van der Waals surface area contributed by atoms with Crippen molar-refractivity contribution in [1.29, 1.82) is 0 Å². The second kappa shape index (κ2) is 8.50. The number of hydrogen-bond acceptors (Lipinski definition) is 3. The summed E-state index contributed by atoms with van der Waals surface area (Å²) >= 11 is 15.9. The molecule has 0 aliphatic heterocycles. The zero-order chi connectivity index (χ0) is 15.9. The lowest BCUT2D eigenvalue weighted by Crippen LogP contribution is -2.01. The van der Waals surface area contributed by atoms with E-state index in [0.717, 1.165) is 15.9 Å². The standard InChI is InChI=1S/C15H12BrCl2N3O.2ClH/c1-8-14(16)21-6-2-3-12(15(21)20-8)22-7-9-10(17)4-5-11(19)13(9)18;;/h2-6H,7,19H2,1H3;2*1H. The van der Waals surface area contributed by atoms with Crippen LogP contribution in [-0.2, 0) is 6.61 Å². The predicted octanol–water partition coefficient (Wildman–Crippen LogP) is 5.72. The van der Waals surface area contributed by atoms with Crippen LogP contribution in [0.2, 0.25) is 10.0 Å². The monoisotopic (exact) mass is 471 g/mol. The number of halogens is 5. The molecule has 130 valence electrons. The zero-order valence-corrected chi connectivity index (χ0v) is 17.2. The van der Waals surface area contributed by atoms with Crippen LogP contribution in [0, 0.1) is 6.92 Å². The number of rotatable bonds is 3. The summed E-state index contributed by atoms with van der Waals surface area (Å²) in [5.41, 5.74) is 8.55. The number of ether oxygens (including phenoxy) is 1. The van der Waals surface area contributed by atoms with Crippen molar-refractivity contribution >= 4 is 75.3 Å². The van der Waals surface area contributed by atoms with Gasteiger partial charge in [-0.3, -0.25) is 4.40 Å². The molecule has 0 amide bonds. The molecule has 9 heteroatoms. The number of fused-ring (bicyclic) bond motifs is 1. The molecule has 0 unspecified atom stereocenters. The first-order valence-electron chi connectivity index (χ1n) is 6.47. The van der Waals surface area contributed by atoms with Crippen LogP contribution in [0.3, 0.4) is 0 Å². The Balaban J connectivity index is 0.00000144. The van der Waals surface area contributed by atoms with Crippen LogP contribution in [-0.4, -0.2) is 9.38 Å². The van der Waals surface area contributed by atoms with Crippen molar-refractivity contribution < 1.29 is 4.74 Å². The molecule has 0 spiro atoms. The van der Waals surface area contributed by atoms with Crippen molar-refractivity contribution in [2.24, 2.45) is 0 Å². The summed E-state index contributed by atoms with van der Waals surface area (Å²) in [6, 6.07) is 7.11. The van der Waals surface area contributed by atoms with E-state index in [1.807, 2.05) is 29.7 Å². The number of nitrogens with zero attached hydrogens (tertiary/aromatic N) is 2. The lowest BCUT2D eigenvalue weighted by atomic mass is 10.2. The van der Waals surface area contributed by atoms with Crippen LogP contribution in [0.4, 0.5) is 5.69 Å². The smallest absolute Gasteiger partial charge is 0.180 e. The maximum atomic E-state index is 6.19. The van der Waals surface area contributed by atoms with Crippen LogP contribution in [0.15, 0.2) is 35.1 Å². The fraction of sp³-hybridized carbons (Fsp3) is 0.133. The highest BCUT2D eigenvalue weighted by atomic mass is 79.9. The van der Waals surface area contributed by atoms with Crippen molar-refractivity contribution in [2.75, 3.05) is 5.73 Å². The molecule has 2 aromatic heterocycles. The second-order valence-electron chi connectivity index (χ2n) is 4.77. The number of benzene rings is 1. The molecule has 2 N–H and O–H groups in total. The van der Waals surface area contributed by atoms with Crippen molar-refractivity contribution in [3.63, 3.8) is 0 Å². The van der Waals surface area contributed by atoms with Crippen LogP contribution in [0.5, 0.6) is 5.75 Å². The van der Waals surface area contributed by atoms with Gasteiger partial charge in [0.05, 0.1) is 16.4 Å². The Morgan fingerprint density at radius 2 is 1.96 bits per heavy atom. The van der Waals surface area contributed by atoms with Gasteiger partial charge in [0, 0.05) is 16.8 Å². The molecule has 0 fully saturated rings. The predicted molar refractivity (Wildman–Crippen MR) is 107 cm³/mol. The van der Waals surface area contributed by atoms with E-state index >= 15 is 0 Å². The highest BCUT2D eigenvalue weighted by Crippen LogP contribution is 2.32. The van der Waals surface area contributed by atoms with Gasteiger partial charge in [0.1, 0.15) is 11.2 Å². The molecule has 3 rings (SSSR count). The third kappa shape index (κ3) is 3.86. The minimum atomic E-state index is 0. The summed E-state index contributed by atoms with van der Waals surface area (Å²) in [6.07, 6.45) is 1.91. The van der Waals surface area contributed by atoms with Gasteiger partial charge in [-0.2, -0.15) is 0 Å². The number of anilines is 1. The van der Waals surface area contributed by atoms with Crippen molar-refractivity contribution in [2.45, 2.75) is 13.5 Å². The molecule has 0 radical (unpaired) electrons. The quantitative estimate of drug-likeness (QED) is 0.495. The fourth-order valence-corrected chi connectivity index (χ4v) is 2.99. The Hall–Kier alpha value is -0.850. The number of hydrogen-bond donors (Lipinski definition) is 1. The summed E-state index contributed by atoms with van der Waals surface area (Å²) in [5, 5.41) is 0.937. The van der Waals surface area contributed by atoms with Crippen LogP contribution in [0.1, 0.15) is 11.3 Å². The van der Waals surface area contributed by atoms with Gasteiger partial charge >= 0.3 is 0 Å². The number of aromatic nitrogens is 2. The van der Waals surface area contributed by atoms with Crippen LogP contribution < -0.4 is 10.5 Å². The molecule has 0 atom stereocenters. The first-order valence-corrected chi connectivity index (χ1v) is 8.02. The Morgan fingerprint density at radius 3 is 2.67 bits per heavy atom. The molecule has 0 aliphatic rings. The third-order valence-corrected chi connectivity index (χ3v) is 5.06. The van der Waals surface area contributed by atoms with Gasteiger partial charge in [-0.15, -0.1) is 24.8 Å². The Bertz CT molecular complexity index is 870. The summed E-state index contributed by atoms with van der Waals surface area (Å²) < 4.78 is 8.67. The van der Waals surface area contributed by atoms with Gasteiger partial charge in [-0.1, -0.05) is 23.2 Å². The minimum absolute atomic E-state index is 0. The fourth-order valence-electron chi connectivity index (χ4n) is 2.14. The zero-order valence-electron chi connectivity index (χ0n) is 12.4. The largest absolute Gasteiger partial charge is 0.485 e. The molecule has 1 aromatic carbocycles. The van der Waals surface area contributed by atoms with E-state index in [9.17, 15) is 0 Å². The third-order valence-electron chi connectivity index (χ3n) is 3.30. The molecule has 24 heavy (non-hydrogen) atoms. The summed E-state index contributed by atoms with van der Waals surface area (Å²) in [6.45, 7) is 2.14. The molecular formula is C15H14BrCl4N3O. The van der Waals surface area contributed by atoms with Crippen molar-refractivity contribution in [3.05, 3.63) is 56.4 Å². The molecule has 3 aromatic rings. The topological polar surface area (TPSA) is 52.5 Å². The van der Waals surface area contributed by atoms with Crippen LogP contribution >= 0.6 is 63.9 Å². The minimum Gasteiger partial charge on any atom is -0.485 e. The lowest BCUT2D eigenvalue weighted by Gasteiger charge is -2.11.